The first-order chi connectivity index (χ1) is 22.7. The summed E-state index contributed by atoms with van der Waals surface area (Å²) in [7, 11) is 0. The monoisotopic (exact) mass is 591 g/mol. The number of nitrogens with zero attached hydrogens (tertiary/aromatic N) is 1. The fourth-order valence-corrected chi connectivity index (χ4v) is 6.97. The number of hydrogen-bond donors (Lipinski definition) is 0. The van der Waals surface area contributed by atoms with Crippen LogP contribution in [0.25, 0.3) is 61.6 Å². The maximum atomic E-state index is 6.24. The Bertz CT molecular complexity index is 2230. The van der Waals surface area contributed by atoms with Gasteiger partial charge in [0.1, 0.15) is 12.4 Å². The molecule has 46 heavy (non-hydrogen) atoms. The number of terminal acetylenes is 1. The number of allylic oxidation sites excluding steroid dienone is 3. The molecule has 0 bridgehead atoms. The van der Waals surface area contributed by atoms with Crippen LogP contribution in [0.3, 0.4) is 0 Å². The van der Waals surface area contributed by atoms with Crippen molar-refractivity contribution in [1.29, 1.82) is 0 Å². The highest BCUT2D eigenvalue weighted by Gasteiger charge is 2.25. The maximum Gasteiger partial charge on any atom is 0.129 e. The molecule has 1 aliphatic carbocycles. The van der Waals surface area contributed by atoms with Crippen molar-refractivity contribution in [3.8, 4) is 57.2 Å². The van der Waals surface area contributed by atoms with E-state index >= 15 is 0 Å². The average Bonchev–Trinajstić information content (AvgIpc) is 3.45. The first-order valence-electron chi connectivity index (χ1n) is 15.9. The van der Waals surface area contributed by atoms with Gasteiger partial charge in [-0.15, -0.1) is 6.42 Å². The van der Waals surface area contributed by atoms with Gasteiger partial charge in [-0.2, -0.15) is 0 Å². The van der Waals surface area contributed by atoms with Crippen molar-refractivity contribution >= 4 is 22.6 Å². The second-order valence-electron chi connectivity index (χ2n) is 12.0. The maximum absolute atomic E-state index is 6.24. The molecule has 0 spiro atoms. The van der Waals surface area contributed by atoms with Crippen molar-refractivity contribution in [3.05, 3.63) is 156 Å². The van der Waals surface area contributed by atoms with Gasteiger partial charge in [-0.25, -0.2) is 0 Å². The molecule has 1 aliphatic heterocycles. The van der Waals surface area contributed by atoms with Crippen LogP contribution < -0.4 is 4.74 Å². The van der Waals surface area contributed by atoms with E-state index in [1.807, 2.05) is 6.08 Å². The van der Waals surface area contributed by atoms with E-state index in [9.17, 15) is 0 Å². The second kappa shape index (κ2) is 11.6. The van der Waals surface area contributed by atoms with Gasteiger partial charge in [0, 0.05) is 22.2 Å². The Morgan fingerprint density at radius 1 is 0.739 bits per heavy atom. The number of benzene rings is 5. The molecule has 2 heterocycles. The van der Waals surface area contributed by atoms with E-state index in [4.69, 9.17) is 11.2 Å². The standard InChI is InChI=1S/C44H33NO/c1-3-4-11-37-29-46-43-17-10-16-42(44(43)30(37)2)45-40-15-9-8-14-38(40)39-28-36(26-27-41(39)45)35-24-22-34(23-25-35)33-20-18-32(19-21-33)31-12-6-5-7-13-31/h1,4-8,10-14,16-28H,9,15,29H2,2H3/b11-4-. The SMILES string of the molecule is C#C/C=C\C1=C(C)c2c(cccc2-n2c3c(c4cc(-c5ccc(-c6ccc(-c7ccccc7)cc6)cc5)ccc42)C=CCC3)OC1. The van der Waals surface area contributed by atoms with Crippen molar-refractivity contribution in [2.24, 2.45) is 0 Å². The molecule has 2 nitrogen and oxygen atoms in total. The Morgan fingerprint density at radius 3 is 2.09 bits per heavy atom. The molecule has 5 aromatic carbocycles. The van der Waals surface area contributed by atoms with Gasteiger partial charge in [0.05, 0.1) is 11.2 Å². The van der Waals surface area contributed by atoms with Crippen LogP contribution >= 0.6 is 0 Å². The molecular weight excluding hydrogens is 558 g/mol. The van der Waals surface area contributed by atoms with Crippen LogP contribution in [0.4, 0.5) is 0 Å². The van der Waals surface area contributed by atoms with Crippen LogP contribution in [-0.2, 0) is 6.42 Å². The summed E-state index contributed by atoms with van der Waals surface area (Å²) in [5, 5.41) is 1.27. The number of rotatable bonds is 5. The molecule has 0 amide bonds. The predicted octanol–water partition coefficient (Wildman–Crippen LogP) is 10.9. The van der Waals surface area contributed by atoms with E-state index < -0.39 is 0 Å². The van der Waals surface area contributed by atoms with Crippen LogP contribution in [0.2, 0.25) is 0 Å². The summed E-state index contributed by atoms with van der Waals surface area (Å²) < 4.78 is 8.70. The zero-order valence-corrected chi connectivity index (χ0v) is 25.8. The highest BCUT2D eigenvalue weighted by molar-refractivity contribution is 5.97. The van der Waals surface area contributed by atoms with Gasteiger partial charge in [0.2, 0.25) is 0 Å². The highest BCUT2D eigenvalue weighted by Crippen LogP contribution is 2.42. The summed E-state index contributed by atoms with van der Waals surface area (Å²) in [6, 6.07) is 41.6. The van der Waals surface area contributed by atoms with E-state index in [0.29, 0.717) is 6.61 Å². The van der Waals surface area contributed by atoms with E-state index in [2.05, 4.69) is 145 Å². The third kappa shape index (κ3) is 4.78. The minimum Gasteiger partial charge on any atom is -0.488 e. The summed E-state index contributed by atoms with van der Waals surface area (Å²) >= 11 is 0. The van der Waals surface area contributed by atoms with Crippen molar-refractivity contribution in [2.45, 2.75) is 19.8 Å². The van der Waals surface area contributed by atoms with Gasteiger partial charge in [0.15, 0.2) is 0 Å². The molecule has 2 heteroatoms. The van der Waals surface area contributed by atoms with Gasteiger partial charge in [-0.05, 0) is 101 Å². The van der Waals surface area contributed by atoms with Gasteiger partial charge in [0.25, 0.3) is 0 Å². The predicted molar refractivity (Wildman–Crippen MR) is 193 cm³/mol. The van der Waals surface area contributed by atoms with Gasteiger partial charge < -0.3 is 9.30 Å². The summed E-state index contributed by atoms with van der Waals surface area (Å²) in [4.78, 5) is 0. The van der Waals surface area contributed by atoms with E-state index in [1.165, 1.54) is 61.1 Å². The number of ether oxygens (including phenoxy) is 1. The molecule has 1 aromatic heterocycles. The molecular formula is C44H33NO. The van der Waals surface area contributed by atoms with Gasteiger partial charge in [-0.3, -0.25) is 0 Å². The Hall–Kier alpha value is -5.78. The Balaban J connectivity index is 1.18. The first kappa shape index (κ1) is 27.7. The number of fused-ring (bicyclic) bond motifs is 4. The molecule has 8 rings (SSSR count). The lowest BCUT2D eigenvalue weighted by Gasteiger charge is -2.25. The molecule has 0 atom stereocenters. The van der Waals surface area contributed by atoms with Crippen LogP contribution in [-0.4, -0.2) is 11.2 Å². The third-order valence-corrected chi connectivity index (χ3v) is 9.35. The minimum atomic E-state index is 0.523. The lowest BCUT2D eigenvalue weighted by Crippen LogP contribution is -2.13. The number of aromatic nitrogens is 1. The van der Waals surface area contributed by atoms with Crippen molar-refractivity contribution in [1.82, 2.24) is 4.57 Å². The van der Waals surface area contributed by atoms with Crippen molar-refractivity contribution in [3.63, 3.8) is 0 Å². The third-order valence-electron chi connectivity index (χ3n) is 9.35. The summed E-state index contributed by atoms with van der Waals surface area (Å²) in [6.07, 6.45) is 15.9. The van der Waals surface area contributed by atoms with E-state index in [1.54, 1.807) is 6.08 Å². The molecule has 0 unspecified atom stereocenters. The van der Waals surface area contributed by atoms with Crippen molar-refractivity contribution in [2.75, 3.05) is 6.61 Å². The zero-order valence-electron chi connectivity index (χ0n) is 25.8. The van der Waals surface area contributed by atoms with E-state index in [-0.39, 0.29) is 0 Å². The molecule has 0 N–H and O–H groups in total. The summed E-state index contributed by atoms with van der Waals surface area (Å²) in [5.41, 5.74) is 15.8. The molecule has 0 fully saturated rings. The van der Waals surface area contributed by atoms with Gasteiger partial charge >= 0.3 is 0 Å². The summed E-state index contributed by atoms with van der Waals surface area (Å²) in [6.45, 7) is 2.70. The number of hydrogen-bond acceptors (Lipinski definition) is 1. The first-order valence-corrected chi connectivity index (χ1v) is 15.9. The highest BCUT2D eigenvalue weighted by atomic mass is 16.5. The van der Waals surface area contributed by atoms with Gasteiger partial charge in [-0.1, -0.05) is 109 Å². The van der Waals surface area contributed by atoms with Crippen LogP contribution in [0, 0.1) is 12.3 Å². The lowest BCUT2D eigenvalue weighted by molar-refractivity contribution is 0.349. The van der Waals surface area contributed by atoms with E-state index in [0.717, 1.165) is 35.4 Å². The van der Waals surface area contributed by atoms with Crippen LogP contribution in [0.5, 0.6) is 5.75 Å². The smallest absolute Gasteiger partial charge is 0.129 e. The van der Waals surface area contributed by atoms with Crippen molar-refractivity contribution < 1.29 is 4.74 Å². The molecule has 2 aliphatic rings. The topological polar surface area (TPSA) is 14.2 Å². The zero-order chi connectivity index (χ0) is 31.0. The molecule has 6 aromatic rings. The molecule has 220 valence electrons. The fraction of sp³-hybridized carbons (Fsp3) is 0.0909. The minimum absolute atomic E-state index is 0.523. The quantitative estimate of drug-likeness (QED) is 0.182. The molecule has 0 radical (unpaired) electrons. The largest absolute Gasteiger partial charge is 0.488 e. The second-order valence-corrected chi connectivity index (χ2v) is 12.0. The lowest BCUT2D eigenvalue weighted by atomic mass is 9.96. The molecule has 0 saturated carbocycles. The fourth-order valence-electron chi connectivity index (χ4n) is 6.97. The normalized spacial score (nSPS) is 13.8. The summed E-state index contributed by atoms with van der Waals surface area (Å²) in [5.74, 6) is 3.54. The molecule has 0 saturated heterocycles. The van der Waals surface area contributed by atoms with Crippen LogP contribution in [0.15, 0.2) is 139 Å². The Kier molecular flexibility index (Phi) is 7.01. The average molecular weight is 592 g/mol. The Labute approximate surface area is 270 Å². The van der Waals surface area contributed by atoms with Crippen LogP contribution in [0.1, 0.15) is 30.2 Å². The Morgan fingerprint density at radius 2 is 1.39 bits per heavy atom.